The lowest BCUT2D eigenvalue weighted by Crippen LogP contribution is -2.44. The van der Waals surface area contributed by atoms with E-state index in [0.29, 0.717) is 4.75 Å². The fraction of sp³-hybridized carbons (Fsp3) is 0.909. The van der Waals surface area contributed by atoms with Crippen molar-refractivity contribution in [2.45, 2.75) is 43.8 Å². The Balaban J connectivity index is 2.33. The number of hydrazine groups is 1. The molecule has 0 saturated heterocycles. The van der Waals surface area contributed by atoms with Crippen LogP contribution in [0.2, 0.25) is 0 Å². The Bertz CT molecular complexity index is 221. The summed E-state index contributed by atoms with van der Waals surface area (Å²) in [5.74, 6) is 6.17. The number of aliphatic imine (C=N–C) groups is 1. The summed E-state index contributed by atoms with van der Waals surface area (Å²) in [6.45, 7) is 3.98. The molecule has 1 aliphatic rings. The molecule has 5 heteroatoms. The number of thioether (sulfide) groups is 1. The molecule has 0 spiro atoms. The zero-order valence-corrected chi connectivity index (χ0v) is 11.2. The molecule has 1 fully saturated rings. The molecule has 4 nitrogen and oxygen atoms in total. The highest BCUT2D eigenvalue weighted by atomic mass is 32.2. The van der Waals surface area contributed by atoms with E-state index in [2.05, 4.69) is 28.9 Å². The van der Waals surface area contributed by atoms with Crippen LogP contribution in [0.3, 0.4) is 0 Å². The predicted molar refractivity (Wildman–Crippen MR) is 72.6 cm³/mol. The molecule has 1 rings (SSSR count). The first-order valence-corrected chi connectivity index (χ1v) is 7.29. The molecule has 16 heavy (non-hydrogen) atoms. The van der Waals surface area contributed by atoms with Gasteiger partial charge in [-0.25, -0.2) is 5.84 Å². The zero-order chi connectivity index (χ0) is 11.9. The van der Waals surface area contributed by atoms with Crippen molar-refractivity contribution in [3.05, 3.63) is 0 Å². The van der Waals surface area contributed by atoms with Crippen LogP contribution in [0.4, 0.5) is 0 Å². The van der Waals surface area contributed by atoms with E-state index in [4.69, 9.17) is 5.84 Å². The molecule has 0 aromatic carbocycles. The maximum Gasteiger partial charge on any atom is 0.205 e. The van der Waals surface area contributed by atoms with Gasteiger partial charge in [0.2, 0.25) is 5.96 Å². The first-order chi connectivity index (χ1) is 7.76. The molecule has 4 N–H and O–H groups in total. The van der Waals surface area contributed by atoms with Crippen molar-refractivity contribution in [3.63, 3.8) is 0 Å². The standard InChI is InChI=1S/C11H24N4S/c1-3-4-8-13-10(15-12)14-9-11(16-2)6-5-7-11/h3-9,12H2,1-2H3,(H2,13,14,15). The maximum atomic E-state index is 5.44. The van der Waals surface area contributed by atoms with E-state index in [1.807, 2.05) is 11.8 Å². The topological polar surface area (TPSA) is 62.4 Å². The molecule has 0 aromatic rings. The Morgan fingerprint density at radius 2 is 2.25 bits per heavy atom. The summed E-state index contributed by atoms with van der Waals surface area (Å²) in [6.07, 6.45) is 8.41. The van der Waals surface area contributed by atoms with E-state index in [1.165, 1.54) is 25.7 Å². The highest BCUT2D eigenvalue weighted by Crippen LogP contribution is 2.42. The van der Waals surface area contributed by atoms with Crippen molar-refractivity contribution in [2.24, 2.45) is 10.8 Å². The lowest BCUT2D eigenvalue weighted by molar-refractivity contribution is 0.372. The van der Waals surface area contributed by atoms with E-state index in [9.17, 15) is 0 Å². The van der Waals surface area contributed by atoms with Crippen LogP contribution in [0.15, 0.2) is 4.99 Å². The minimum absolute atomic E-state index is 0.383. The molecule has 0 aliphatic heterocycles. The molecule has 94 valence electrons. The van der Waals surface area contributed by atoms with Gasteiger partial charge in [-0.3, -0.25) is 10.4 Å². The minimum Gasteiger partial charge on any atom is -0.355 e. The SMILES string of the molecule is CCCCNC(=NCC1(SC)CCC1)NN. The van der Waals surface area contributed by atoms with Gasteiger partial charge >= 0.3 is 0 Å². The van der Waals surface area contributed by atoms with Crippen molar-refractivity contribution in [1.82, 2.24) is 10.7 Å². The van der Waals surface area contributed by atoms with Crippen molar-refractivity contribution in [3.8, 4) is 0 Å². The summed E-state index contributed by atoms with van der Waals surface area (Å²) in [6, 6.07) is 0. The number of nitrogens with one attached hydrogen (secondary N) is 2. The second-order valence-corrected chi connectivity index (χ2v) is 5.60. The van der Waals surface area contributed by atoms with Gasteiger partial charge in [0.05, 0.1) is 6.54 Å². The number of unbranched alkanes of at least 4 members (excludes halogenated alkanes) is 1. The fourth-order valence-electron chi connectivity index (χ4n) is 1.76. The molecule has 0 bridgehead atoms. The smallest absolute Gasteiger partial charge is 0.205 e. The Labute approximate surface area is 103 Å². The van der Waals surface area contributed by atoms with Crippen LogP contribution in [-0.4, -0.2) is 30.1 Å². The van der Waals surface area contributed by atoms with Crippen LogP contribution in [0.5, 0.6) is 0 Å². The normalized spacial score (nSPS) is 19.1. The molecule has 1 aliphatic carbocycles. The van der Waals surface area contributed by atoms with Crippen LogP contribution in [-0.2, 0) is 0 Å². The lowest BCUT2D eigenvalue weighted by atomic mass is 9.84. The Kier molecular flexibility index (Phi) is 5.98. The third kappa shape index (κ3) is 3.87. The average molecular weight is 244 g/mol. The number of hydrogen-bond acceptors (Lipinski definition) is 3. The number of guanidine groups is 1. The largest absolute Gasteiger partial charge is 0.355 e. The van der Waals surface area contributed by atoms with Gasteiger partial charge in [0, 0.05) is 11.3 Å². The summed E-state index contributed by atoms with van der Waals surface area (Å²) in [7, 11) is 0. The Morgan fingerprint density at radius 1 is 1.50 bits per heavy atom. The first kappa shape index (κ1) is 13.6. The number of nitrogens with zero attached hydrogens (tertiary/aromatic N) is 1. The second kappa shape index (κ2) is 7.01. The number of rotatable bonds is 6. The highest BCUT2D eigenvalue weighted by Gasteiger charge is 2.35. The maximum absolute atomic E-state index is 5.44. The molecule has 0 aromatic heterocycles. The molecular weight excluding hydrogens is 220 g/mol. The quantitative estimate of drug-likeness (QED) is 0.218. The predicted octanol–water partition coefficient (Wildman–Crippen LogP) is 1.48. The van der Waals surface area contributed by atoms with Gasteiger partial charge in [-0.05, 0) is 25.5 Å². The summed E-state index contributed by atoms with van der Waals surface area (Å²) in [4.78, 5) is 4.53. The highest BCUT2D eigenvalue weighted by molar-refractivity contribution is 8.00. The third-order valence-electron chi connectivity index (χ3n) is 3.18. The molecular formula is C11H24N4S. The Hall–Kier alpha value is -0.420. The molecule has 0 amide bonds. The monoisotopic (exact) mass is 244 g/mol. The van der Waals surface area contributed by atoms with E-state index in [0.717, 1.165) is 25.5 Å². The molecule has 0 atom stereocenters. The van der Waals surface area contributed by atoms with Gasteiger partial charge in [-0.1, -0.05) is 19.8 Å². The summed E-state index contributed by atoms with van der Waals surface area (Å²) in [5.41, 5.74) is 2.64. The summed E-state index contributed by atoms with van der Waals surface area (Å²) < 4.78 is 0.383. The van der Waals surface area contributed by atoms with Crippen LogP contribution >= 0.6 is 11.8 Å². The number of nitrogens with two attached hydrogens (primary N) is 1. The minimum atomic E-state index is 0.383. The fourth-order valence-corrected chi connectivity index (χ4v) is 2.65. The average Bonchev–Trinajstić information content (AvgIpc) is 2.26. The van der Waals surface area contributed by atoms with Gasteiger partial charge in [0.1, 0.15) is 0 Å². The summed E-state index contributed by atoms with van der Waals surface area (Å²) in [5, 5.41) is 3.22. The summed E-state index contributed by atoms with van der Waals surface area (Å²) >= 11 is 1.94. The van der Waals surface area contributed by atoms with E-state index >= 15 is 0 Å². The van der Waals surface area contributed by atoms with E-state index in [1.54, 1.807) is 0 Å². The van der Waals surface area contributed by atoms with Gasteiger partial charge in [-0.15, -0.1) is 0 Å². The van der Waals surface area contributed by atoms with Crippen LogP contribution in [0, 0.1) is 0 Å². The molecule has 0 radical (unpaired) electrons. The van der Waals surface area contributed by atoms with Gasteiger partial charge in [-0.2, -0.15) is 11.8 Å². The third-order valence-corrected chi connectivity index (χ3v) is 4.59. The Morgan fingerprint density at radius 3 is 2.69 bits per heavy atom. The van der Waals surface area contributed by atoms with Gasteiger partial charge in [0.15, 0.2) is 0 Å². The number of hydrogen-bond donors (Lipinski definition) is 3. The molecule has 1 saturated carbocycles. The van der Waals surface area contributed by atoms with Crippen LogP contribution < -0.4 is 16.6 Å². The second-order valence-electron chi connectivity index (χ2n) is 4.33. The van der Waals surface area contributed by atoms with Crippen LogP contribution in [0.25, 0.3) is 0 Å². The lowest BCUT2D eigenvalue weighted by Gasteiger charge is -2.39. The van der Waals surface area contributed by atoms with E-state index in [-0.39, 0.29) is 0 Å². The van der Waals surface area contributed by atoms with Gasteiger partial charge in [0.25, 0.3) is 0 Å². The van der Waals surface area contributed by atoms with Crippen LogP contribution in [0.1, 0.15) is 39.0 Å². The van der Waals surface area contributed by atoms with Crippen molar-refractivity contribution >= 4 is 17.7 Å². The molecule has 0 unspecified atom stereocenters. The van der Waals surface area contributed by atoms with Crippen molar-refractivity contribution < 1.29 is 0 Å². The molecule has 0 heterocycles. The van der Waals surface area contributed by atoms with Gasteiger partial charge < -0.3 is 5.32 Å². The van der Waals surface area contributed by atoms with E-state index < -0.39 is 0 Å². The first-order valence-electron chi connectivity index (χ1n) is 6.06. The van der Waals surface area contributed by atoms with Crippen molar-refractivity contribution in [1.29, 1.82) is 0 Å². The van der Waals surface area contributed by atoms with Crippen molar-refractivity contribution in [2.75, 3.05) is 19.3 Å². The zero-order valence-electron chi connectivity index (χ0n) is 10.4.